The van der Waals surface area contributed by atoms with Crippen LogP contribution in [0.5, 0.6) is 0 Å². The number of rotatable bonds is 2. The van der Waals surface area contributed by atoms with Gasteiger partial charge in [-0.3, -0.25) is 5.32 Å². The van der Waals surface area contributed by atoms with Gasteiger partial charge in [0.15, 0.2) is 0 Å². The molecule has 112 valence electrons. The fourth-order valence-electron chi connectivity index (χ4n) is 2.61. The highest BCUT2D eigenvalue weighted by Crippen LogP contribution is 2.31. The number of hydrogen-bond acceptors (Lipinski definition) is 4. The van der Waals surface area contributed by atoms with E-state index < -0.39 is 0 Å². The predicted octanol–water partition coefficient (Wildman–Crippen LogP) is 4.09. The van der Waals surface area contributed by atoms with Crippen molar-refractivity contribution in [3.63, 3.8) is 0 Å². The summed E-state index contributed by atoms with van der Waals surface area (Å²) in [5.41, 5.74) is 3.48. The SMILES string of the molecule is C1=CNC(c2ccc(-c3nsc4ccccc34)cc2)NC1.Cl. The lowest BCUT2D eigenvalue weighted by Gasteiger charge is -2.22. The molecule has 2 aromatic carbocycles. The van der Waals surface area contributed by atoms with Crippen molar-refractivity contribution < 1.29 is 0 Å². The lowest BCUT2D eigenvalue weighted by Crippen LogP contribution is -2.34. The first-order valence-corrected chi connectivity index (χ1v) is 7.78. The van der Waals surface area contributed by atoms with Gasteiger partial charge in [0.25, 0.3) is 0 Å². The normalized spacial score (nSPS) is 17.0. The second-order valence-corrected chi connectivity index (χ2v) is 5.86. The number of nitrogens with one attached hydrogen (secondary N) is 2. The molecule has 3 nitrogen and oxygen atoms in total. The Morgan fingerprint density at radius 2 is 1.86 bits per heavy atom. The van der Waals surface area contributed by atoms with Crippen LogP contribution in [0.3, 0.4) is 0 Å². The largest absolute Gasteiger partial charge is 0.372 e. The van der Waals surface area contributed by atoms with Crippen LogP contribution in [0.2, 0.25) is 0 Å². The van der Waals surface area contributed by atoms with Crippen LogP contribution >= 0.6 is 23.9 Å². The Morgan fingerprint density at radius 1 is 1.05 bits per heavy atom. The van der Waals surface area contributed by atoms with E-state index in [2.05, 4.69) is 69.6 Å². The molecule has 0 fully saturated rings. The Morgan fingerprint density at radius 3 is 2.64 bits per heavy atom. The van der Waals surface area contributed by atoms with Crippen LogP contribution in [0.4, 0.5) is 0 Å². The predicted molar refractivity (Wildman–Crippen MR) is 95.3 cm³/mol. The molecule has 2 N–H and O–H groups in total. The highest BCUT2D eigenvalue weighted by molar-refractivity contribution is 7.13. The number of halogens is 1. The zero-order valence-corrected chi connectivity index (χ0v) is 13.5. The Labute approximate surface area is 139 Å². The summed E-state index contributed by atoms with van der Waals surface area (Å²) in [6.07, 6.45) is 4.27. The van der Waals surface area contributed by atoms with Crippen molar-refractivity contribution in [2.45, 2.75) is 6.17 Å². The van der Waals surface area contributed by atoms with Gasteiger partial charge in [-0.2, -0.15) is 4.37 Å². The monoisotopic (exact) mass is 329 g/mol. The first-order chi connectivity index (χ1) is 10.4. The molecule has 1 aliphatic heterocycles. The van der Waals surface area contributed by atoms with Gasteiger partial charge in [0, 0.05) is 17.5 Å². The minimum absolute atomic E-state index is 0. The standard InChI is InChI=1S/C17H15N3S.ClH/c1-2-5-15-14(4-1)16(20-21-15)12-6-8-13(9-7-12)17-18-10-3-11-19-17;/h1-10,17-19H,11H2;1H. The Balaban J connectivity index is 0.00000144. The Bertz CT molecular complexity index is 795. The summed E-state index contributed by atoms with van der Waals surface area (Å²) in [6, 6.07) is 17.0. The van der Waals surface area contributed by atoms with Gasteiger partial charge in [-0.25, -0.2) is 0 Å². The van der Waals surface area contributed by atoms with Gasteiger partial charge in [0.2, 0.25) is 0 Å². The van der Waals surface area contributed by atoms with Crippen LogP contribution in [0.25, 0.3) is 21.3 Å². The average Bonchev–Trinajstić information content (AvgIpc) is 3.00. The van der Waals surface area contributed by atoms with Crippen molar-refractivity contribution in [1.82, 2.24) is 15.0 Å². The first-order valence-electron chi connectivity index (χ1n) is 7.01. The Kier molecular flexibility index (Phi) is 4.43. The van der Waals surface area contributed by atoms with Crippen LogP contribution in [0, 0.1) is 0 Å². The van der Waals surface area contributed by atoms with E-state index in [1.807, 2.05) is 6.20 Å². The highest BCUT2D eigenvalue weighted by atomic mass is 35.5. The fraction of sp³-hybridized carbons (Fsp3) is 0.118. The fourth-order valence-corrected chi connectivity index (χ4v) is 3.41. The number of benzene rings is 2. The summed E-state index contributed by atoms with van der Waals surface area (Å²) in [5.74, 6) is 0. The summed E-state index contributed by atoms with van der Waals surface area (Å²) in [4.78, 5) is 0. The van der Waals surface area contributed by atoms with Gasteiger partial charge in [-0.15, -0.1) is 12.4 Å². The molecule has 0 aliphatic carbocycles. The summed E-state index contributed by atoms with van der Waals surface area (Å²) in [7, 11) is 0. The second-order valence-electron chi connectivity index (χ2n) is 5.06. The Hall–Kier alpha value is -1.88. The van der Waals surface area contributed by atoms with Crippen molar-refractivity contribution in [2.75, 3.05) is 6.54 Å². The summed E-state index contributed by atoms with van der Waals surface area (Å²) < 4.78 is 5.84. The lowest BCUT2D eigenvalue weighted by atomic mass is 10.0. The smallest absolute Gasteiger partial charge is 0.103 e. The lowest BCUT2D eigenvalue weighted by molar-refractivity contribution is 0.498. The van der Waals surface area contributed by atoms with Gasteiger partial charge in [-0.05, 0) is 29.4 Å². The first kappa shape index (κ1) is 15.0. The highest BCUT2D eigenvalue weighted by Gasteiger charge is 2.12. The van der Waals surface area contributed by atoms with Crippen LogP contribution in [-0.2, 0) is 0 Å². The van der Waals surface area contributed by atoms with E-state index in [-0.39, 0.29) is 18.6 Å². The molecule has 2 heterocycles. The molecule has 0 radical (unpaired) electrons. The molecule has 4 rings (SSSR count). The van der Waals surface area contributed by atoms with Crippen LogP contribution < -0.4 is 10.6 Å². The molecule has 1 aromatic heterocycles. The van der Waals surface area contributed by atoms with E-state index in [0.717, 1.165) is 12.2 Å². The van der Waals surface area contributed by atoms with E-state index in [1.54, 1.807) is 11.5 Å². The molecule has 1 atom stereocenters. The molecule has 0 saturated carbocycles. The molecule has 1 aliphatic rings. The molecular formula is C17H16ClN3S. The minimum Gasteiger partial charge on any atom is -0.372 e. The van der Waals surface area contributed by atoms with Gasteiger partial charge in [-0.1, -0.05) is 48.5 Å². The van der Waals surface area contributed by atoms with Gasteiger partial charge in [0.1, 0.15) is 6.17 Å². The van der Waals surface area contributed by atoms with Gasteiger partial charge < -0.3 is 5.32 Å². The topological polar surface area (TPSA) is 37.0 Å². The average molecular weight is 330 g/mol. The van der Waals surface area contributed by atoms with Crippen molar-refractivity contribution in [3.05, 3.63) is 66.4 Å². The van der Waals surface area contributed by atoms with E-state index in [0.29, 0.717) is 0 Å². The van der Waals surface area contributed by atoms with Crippen molar-refractivity contribution >= 4 is 34.0 Å². The maximum Gasteiger partial charge on any atom is 0.103 e. The number of fused-ring (bicyclic) bond motifs is 1. The number of nitrogens with zero attached hydrogens (tertiary/aromatic N) is 1. The van der Waals surface area contributed by atoms with E-state index in [4.69, 9.17) is 0 Å². The molecule has 3 aromatic rings. The van der Waals surface area contributed by atoms with Crippen LogP contribution in [0.15, 0.2) is 60.8 Å². The second kappa shape index (κ2) is 6.48. The maximum absolute atomic E-state index is 4.61. The summed E-state index contributed by atoms with van der Waals surface area (Å²) >= 11 is 1.56. The minimum atomic E-state index is 0. The van der Waals surface area contributed by atoms with Crippen LogP contribution in [-0.4, -0.2) is 10.9 Å². The molecule has 0 bridgehead atoms. The third-order valence-corrected chi connectivity index (χ3v) is 4.54. The molecule has 1 unspecified atom stereocenters. The molecule has 22 heavy (non-hydrogen) atoms. The van der Waals surface area contributed by atoms with Crippen molar-refractivity contribution in [3.8, 4) is 11.3 Å². The van der Waals surface area contributed by atoms with Crippen LogP contribution in [0.1, 0.15) is 11.7 Å². The third kappa shape index (κ3) is 2.73. The number of hydrogen-bond donors (Lipinski definition) is 2. The molecule has 0 saturated heterocycles. The number of aromatic nitrogens is 1. The van der Waals surface area contributed by atoms with Gasteiger partial charge >= 0.3 is 0 Å². The molecule has 0 amide bonds. The summed E-state index contributed by atoms with van der Waals surface area (Å²) in [5, 5.41) is 7.95. The molecule has 5 heteroatoms. The molecular weight excluding hydrogens is 314 g/mol. The third-order valence-electron chi connectivity index (χ3n) is 3.72. The summed E-state index contributed by atoms with van der Waals surface area (Å²) in [6.45, 7) is 0.899. The molecule has 0 spiro atoms. The zero-order valence-electron chi connectivity index (χ0n) is 11.8. The van der Waals surface area contributed by atoms with Crippen molar-refractivity contribution in [1.29, 1.82) is 0 Å². The van der Waals surface area contributed by atoms with E-state index >= 15 is 0 Å². The van der Waals surface area contributed by atoms with E-state index in [1.165, 1.54) is 21.2 Å². The zero-order chi connectivity index (χ0) is 14.1. The maximum atomic E-state index is 4.61. The van der Waals surface area contributed by atoms with Crippen molar-refractivity contribution in [2.24, 2.45) is 0 Å². The van der Waals surface area contributed by atoms with E-state index in [9.17, 15) is 0 Å². The quantitative estimate of drug-likeness (QED) is 0.743. The van der Waals surface area contributed by atoms with Gasteiger partial charge in [0.05, 0.1) is 10.4 Å².